The van der Waals surface area contributed by atoms with Gasteiger partial charge in [0.15, 0.2) is 0 Å². The van der Waals surface area contributed by atoms with Crippen molar-refractivity contribution >= 4 is 16.2 Å². The first-order chi connectivity index (χ1) is 11.9. The van der Waals surface area contributed by atoms with Crippen LogP contribution in [0.25, 0.3) is 0 Å². The van der Waals surface area contributed by atoms with Crippen molar-refractivity contribution < 1.29 is 40.6 Å². The van der Waals surface area contributed by atoms with Crippen molar-refractivity contribution in [1.29, 1.82) is 0 Å². The topological polar surface area (TPSA) is 127 Å². The van der Waals surface area contributed by atoms with Crippen LogP contribution in [-0.2, 0) is 14.9 Å². The van der Waals surface area contributed by atoms with Gasteiger partial charge in [0.05, 0.1) is 10.5 Å². The lowest BCUT2D eigenvalue weighted by atomic mass is 10.2. The van der Waals surface area contributed by atoms with Crippen LogP contribution in [0.4, 0.5) is 18.0 Å². The van der Waals surface area contributed by atoms with Gasteiger partial charge in [-0.25, -0.2) is 4.79 Å². The molecule has 146 valence electrons. The number of alkyl halides is 3. The van der Waals surface area contributed by atoms with Gasteiger partial charge < -0.3 is 9.64 Å². The van der Waals surface area contributed by atoms with E-state index in [1.807, 2.05) is 0 Å². The van der Waals surface area contributed by atoms with Crippen LogP contribution in [-0.4, -0.2) is 47.5 Å². The SMILES string of the molecule is O=C(OC(c1ccccc1)[N+](=O)[O-])N1CCCC1.O=S(=O)(O)C(F)(F)F. The van der Waals surface area contributed by atoms with Crippen LogP contribution < -0.4 is 0 Å². The largest absolute Gasteiger partial charge is 0.522 e. The second kappa shape index (κ2) is 8.80. The second-order valence-electron chi connectivity index (χ2n) is 5.05. The number of amides is 1. The van der Waals surface area contributed by atoms with E-state index in [0.29, 0.717) is 18.7 Å². The number of likely N-dealkylation sites (tertiary alicyclic amines) is 1. The molecule has 0 bridgehead atoms. The molecule has 1 aliphatic heterocycles. The molecule has 1 N–H and O–H groups in total. The van der Waals surface area contributed by atoms with Gasteiger partial charge in [-0.05, 0) is 25.0 Å². The Morgan fingerprint density at radius 3 is 2.08 bits per heavy atom. The summed E-state index contributed by atoms with van der Waals surface area (Å²) < 4.78 is 62.5. The smallest absolute Gasteiger partial charge is 0.377 e. The molecule has 1 saturated heterocycles. The van der Waals surface area contributed by atoms with Crippen LogP contribution in [0.2, 0.25) is 0 Å². The highest BCUT2D eigenvalue weighted by Crippen LogP contribution is 2.21. The number of hydrogen-bond acceptors (Lipinski definition) is 6. The molecule has 1 aromatic rings. The fourth-order valence-electron chi connectivity index (χ4n) is 1.92. The lowest BCUT2D eigenvalue weighted by Crippen LogP contribution is -2.31. The first kappa shape index (κ1) is 21.6. The van der Waals surface area contributed by atoms with Crippen molar-refractivity contribution in [2.75, 3.05) is 13.1 Å². The van der Waals surface area contributed by atoms with E-state index in [-0.39, 0.29) is 0 Å². The highest BCUT2D eigenvalue weighted by atomic mass is 32.2. The number of carbonyl (C=O) groups is 1. The first-order valence-corrected chi connectivity index (χ1v) is 8.55. The highest BCUT2D eigenvalue weighted by Gasteiger charge is 2.44. The van der Waals surface area contributed by atoms with Gasteiger partial charge in [0.1, 0.15) is 0 Å². The predicted octanol–water partition coefficient (Wildman–Crippen LogP) is 2.59. The average molecular weight is 400 g/mol. The van der Waals surface area contributed by atoms with Crippen LogP contribution in [0.15, 0.2) is 30.3 Å². The van der Waals surface area contributed by atoms with Crippen molar-refractivity contribution in [2.24, 2.45) is 0 Å². The fraction of sp³-hybridized carbons (Fsp3) is 0.462. The summed E-state index contributed by atoms with van der Waals surface area (Å²) >= 11 is 0. The Morgan fingerprint density at radius 1 is 1.23 bits per heavy atom. The Bertz CT molecular complexity index is 719. The Balaban J connectivity index is 0.000000359. The van der Waals surface area contributed by atoms with Gasteiger partial charge in [-0.2, -0.15) is 21.6 Å². The maximum Gasteiger partial charge on any atom is 0.522 e. The molecule has 1 fully saturated rings. The molecule has 1 atom stereocenters. The second-order valence-corrected chi connectivity index (χ2v) is 6.46. The molecule has 26 heavy (non-hydrogen) atoms. The Kier molecular flexibility index (Phi) is 7.32. The Morgan fingerprint density at radius 2 is 1.69 bits per heavy atom. The molecule has 9 nitrogen and oxygen atoms in total. The van der Waals surface area contributed by atoms with Crippen molar-refractivity contribution in [1.82, 2.24) is 4.90 Å². The summed E-state index contributed by atoms with van der Waals surface area (Å²) in [6.07, 6.45) is -0.204. The first-order valence-electron chi connectivity index (χ1n) is 7.11. The van der Waals surface area contributed by atoms with Crippen LogP contribution in [0.3, 0.4) is 0 Å². The maximum absolute atomic E-state index is 11.7. The van der Waals surface area contributed by atoms with Gasteiger partial charge in [0.25, 0.3) is 0 Å². The zero-order valence-electron chi connectivity index (χ0n) is 13.1. The number of benzene rings is 1. The summed E-state index contributed by atoms with van der Waals surface area (Å²) in [5.41, 5.74) is -5.16. The summed E-state index contributed by atoms with van der Waals surface area (Å²) in [6.45, 7) is 1.22. The molecule has 1 heterocycles. The van der Waals surface area contributed by atoms with Gasteiger partial charge in [-0.1, -0.05) is 18.2 Å². The summed E-state index contributed by atoms with van der Waals surface area (Å²) in [5.74, 6) is 0. The van der Waals surface area contributed by atoms with Crippen LogP contribution >= 0.6 is 0 Å². The summed E-state index contributed by atoms with van der Waals surface area (Å²) in [7, 11) is -5.84. The third-order valence-electron chi connectivity index (χ3n) is 3.15. The molecular weight excluding hydrogens is 385 g/mol. The van der Waals surface area contributed by atoms with Gasteiger partial charge >= 0.3 is 27.9 Å². The van der Waals surface area contributed by atoms with Crippen LogP contribution in [0.1, 0.15) is 24.6 Å². The van der Waals surface area contributed by atoms with E-state index in [1.165, 1.54) is 4.90 Å². The minimum atomic E-state index is -5.84. The van der Waals surface area contributed by atoms with Gasteiger partial charge in [-0.3, -0.25) is 14.7 Å². The van der Waals surface area contributed by atoms with Gasteiger partial charge in [0.2, 0.25) is 0 Å². The van der Waals surface area contributed by atoms with Crippen molar-refractivity contribution in [2.45, 2.75) is 24.6 Å². The molecule has 1 aliphatic rings. The fourth-order valence-corrected chi connectivity index (χ4v) is 1.92. The summed E-state index contributed by atoms with van der Waals surface area (Å²) in [4.78, 5) is 23.6. The minimum absolute atomic E-state index is 0.370. The third-order valence-corrected chi connectivity index (χ3v) is 3.73. The molecule has 0 aromatic heterocycles. The number of hydrogen-bond donors (Lipinski definition) is 1. The lowest BCUT2D eigenvalue weighted by molar-refractivity contribution is -0.575. The number of nitro groups is 1. The molecule has 1 aromatic carbocycles. The zero-order chi connectivity index (χ0) is 20.0. The molecule has 0 radical (unpaired) electrons. The number of rotatable bonds is 3. The van der Waals surface area contributed by atoms with Crippen molar-refractivity contribution in [3.8, 4) is 0 Å². The number of halogens is 3. The highest BCUT2D eigenvalue weighted by molar-refractivity contribution is 7.86. The van der Waals surface area contributed by atoms with E-state index in [1.54, 1.807) is 30.3 Å². The van der Waals surface area contributed by atoms with E-state index < -0.39 is 32.9 Å². The molecule has 0 spiro atoms. The predicted molar refractivity (Wildman–Crippen MR) is 81.1 cm³/mol. The molecule has 13 heteroatoms. The van der Waals surface area contributed by atoms with Gasteiger partial charge in [-0.15, -0.1) is 0 Å². The molecule has 0 saturated carbocycles. The van der Waals surface area contributed by atoms with E-state index >= 15 is 0 Å². The monoisotopic (exact) mass is 400 g/mol. The van der Waals surface area contributed by atoms with Crippen LogP contribution in [0.5, 0.6) is 0 Å². The number of nitrogens with zero attached hydrogens (tertiary/aromatic N) is 2. The lowest BCUT2D eigenvalue weighted by Gasteiger charge is -2.17. The van der Waals surface area contributed by atoms with Gasteiger partial charge in [0, 0.05) is 13.1 Å². The average Bonchev–Trinajstić information content (AvgIpc) is 3.06. The number of ether oxygens (including phenoxy) is 1. The summed E-state index contributed by atoms with van der Waals surface area (Å²) in [6, 6.07) is 8.25. The van der Waals surface area contributed by atoms with E-state index in [9.17, 15) is 28.1 Å². The Hall–Kier alpha value is -2.41. The maximum atomic E-state index is 11.7. The summed E-state index contributed by atoms with van der Waals surface area (Å²) in [5, 5.41) is 11.0. The molecule has 1 unspecified atom stereocenters. The molecule has 0 aliphatic carbocycles. The van der Waals surface area contributed by atoms with Crippen molar-refractivity contribution in [3.63, 3.8) is 0 Å². The molecular formula is C13H15F3N2O7S. The normalized spacial score (nSPS) is 15.6. The van der Waals surface area contributed by atoms with E-state index in [2.05, 4.69) is 0 Å². The third kappa shape index (κ3) is 6.48. The van der Waals surface area contributed by atoms with Crippen molar-refractivity contribution in [3.05, 3.63) is 46.0 Å². The standard InChI is InChI=1S/C12H14N2O4.CHF3O3S/c15-12(13-8-4-5-9-13)18-11(14(16)17)10-6-2-1-3-7-10;2-1(3,4)8(5,6)7/h1-3,6-7,11H,4-5,8-9H2;(H,5,6,7). The molecule has 2 rings (SSSR count). The number of carbonyl (C=O) groups excluding carboxylic acids is 1. The quantitative estimate of drug-likeness (QED) is 0.272. The van der Waals surface area contributed by atoms with Crippen LogP contribution in [0, 0.1) is 10.1 Å². The molecule has 1 amide bonds. The van der Waals surface area contributed by atoms with E-state index in [4.69, 9.17) is 17.7 Å². The zero-order valence-corrected chi connectivity index (χ0v) is 13.9. The Labute approximate surface area is 146 Å². The van der Waals surface area contributed by atoms with E-state index in [0.717, 1.165) is 12.8 Å². The minimum Gasteiger partial charge on any atom is -0.377 e.